The summed E-state index contributed by atoms with van der Waals surface area (Å²) in [5.74, 6) is 0.908. The molecule has 0 fully saturated rings. The van der Waals surface area contributed by atoms with E-state index in [1.54, 1.807) is 18.9 Å². The number of thioether (sulfide) groups is 1. The van der Waals surface area contributed by atoms with Gasteiger partial charge in [0, 0.05) is 30.8 Å². The third-order valence-corrected chi connectivity index (χ3v) is 3.88. The fourth-order valence-electron chi connectivity index (χ4n) is 1.27. The summed E-state index contributed by atoms with van der Waals surface area (Å²) in [5.41, 5.74) is 1.29. The Kier molecular flexibility index (Phi) is 7.60. The molecule has 0 aliphatic heterocycles. The van der Waals surface area contributed by atoms with Crippen molar-refractivity contribution >= 4 is 27.7 Å². The lowest BCUT2D eigenvalue weighted by Crippen LogP contribution is -2.18. The molecule has 94 valence electrons. The van der Waals surface area contributed by atoms with Gasteiger partial charge in [0.15, 0.2) is 0 Å². The molecule has 1 aromatic carbocycles. The fourth-order valence-corrected chi connectivity index (χ4v) is 2.27. The second-order valence-electron chi connectivity index (χ2n) is 3.62. The summed E-state index contributed by atoms with van der Waals surface area (Å²) in [6, 6.07) is 8.60. The van der Waals surface area contributed by atoms with Crippen LogP contribution in [0.15, 0.2) is 40.2 Å². The van der Waals surface area contributed by atoms with E-state index < -0.39 is 0 Å². The topological polar surface area (TPSA) is 21.3 Å². The van der Waals surface area contributed by atoms with Crippen LogP contribution >= 0.6 is 27.7 Å². The molecule has 0 saturated carbocycles. The van der Waals surface area contributed by atoms with Crippen LogP contribution in [0.1, 0.15) is 5.56 Å². The summed E-state index contributed by atoms with van der Waals surface area (Å²) in [6.07, 6.45) is 0. The maximum Gasteiger partial charge on any atom is 0.0587 e. The van der Waals surface area contributed by atoms with E-state index in [9.17, 15) is 0 Å². The van der Waals surface area contributed by atoms with Crippen molar-refractivity contribution in [2.24, 2.45) is 0 Å². The Bertz CT molecular complexity index is 340. The molecule has 4 heteroatoms. The van der Waals surface area contributed by atoms with Crippen molar-refractivity contribution in [2.75, 3.05) is 26.0 Å². The van der Waals surface area contributed by atoms with Crippen LogP contribution in [-0.2, 0) is 11.3 Å². The number of benzene rings is 1. The highest BCUT2D eigenvalue weighted by molar-refractivity contribution is 9.11. The zero-order valence-corrected chi connectivity index (χ0v) is 12.4. The minimum atomic E-state index is 0.751. The van der Waals surface area contributed by atoms with Crippen LogP contribution in [0.4, 0.5) is 0 Å². The SMILES string of the molecule is C=C(Br)CSc1ccc(CNCCOC)cc1. The Morgan fingerprint density at radius 3 is 2.71 bits per heavy atom. The molecule has 0 unspecified atom stereocenters. The highest BCUT2D eigenvalue weighted by Gasteiger charge is 1.96. The van der Waals surface area contributed by atoms with Crippen LogP contribution in [0.3, 0.4) is 0 Å². The molecule has 0 saturated heterocycles. The van der Waals surface area contributed by atoms with Crippen molar-refractivity contribution in [1.29, 1.82) is 0 Å². The van der Waals surface area contributed by atoms with Crippen LogP contribution in [0, 0.1) is 0 Å². The molecule has 1 aromatic rings. The van der Waals surface area contributed by atoms with Gasteiger partial charge in [-0.05, 0) is 22.2 Å². The molecule has 0 atom stereocenters. The van der Waals surface area contributed by atoms with E-state index in [2.05, 4.69) is 52.1 Å². The zero-order valence-electron chi connectivity index (χ0n) is 10.0. The van der Waals surface area contributed by atoms with Gasteiger partial charge in [-0.15, -0.1) is 11.8 Å². The molecule has 0 spiro atoms. The van der Waals surface area contributed by atoms with Crippen LogP contribution in [0.2, 0.25) is 0 Å². The molecule has 1 N–H and O–H groups in total. The van der Waals surface area contributed by atoms with E-state index in [0.29, 0.717) is 0 Å². The Balaban J connectivity index is 2.31. The predicted molar refractivity (Wildman–Crippen MR) is 78.8 cm³/mol. The quantitative estimate of drug-likeness (QED) is 0.586. The van der Waals surface area contributed by atoms with Gasteiger partial charge in [0.1, 0.15) is 0 Å². The maximum absolute atomic E-state index is 4.97. The Hall–Kier alpha value is -0.290. The third-order valence-electron chi connectivity index (χ3n) is 2.13. The molecule has 0 aliphatic rings. The van der Waals surface area contributed by atoms with Crippen molar-refractivity contribution in [1.82, 2.24) is 5.32 Å². The van der Waals surface area contributed by atoms with Crippen LogP contribution in [-0.4, -0.2) is 26.0 Å². The molecule has 0 aliphatic carbocycles. The monoisotopic (exact) mass is 315 g/mol. The molecule has 1 rings (SSSR count). The summed E-state index contributed by atoms with van der Waals surface area (Å²) in [4.78, 5) is 1.27. The van der Waals surface area contributed by atoms with Crippen molar-refractivity contribution in [3.8, 4) is 0 Å². The van der Waals surface area contributed by atoms with Crippen molar-refractivity contribution in [3.63, 3.8) is 0 Å². The fraction of sp³-hybridized carbons (Fsp3) is 0.385. The lowest BCUT2D eigenvalue weighted by Gasteiger charge is -2.05. The molecule has 0 aromatic heterocycles. The number of hydrogen-bond donors (Lipinski definition) is 1. The summed E-state index contributed by atoms with van der Waals surface area (Å²) >= 11 is 5.14. The Morgan fingerprint density at radius 1 is 1.41 bits per heavy atom. The highest BCUT2D eigenvalue weighted by atomic mass is 79.9. The molecule has 2 nitrogen and oxygen atoms in total. The zero-order chi connectivity index (χ0) is 12.5. The van der Waals surface area contributed by atoms with E-state index in [1.165, 1.54) is 10.5 Å². The summed E-state index contributed by atoms with van der Waals surface area (Å²) in [6.45, 7) is 6.34. The predicted octanol–water partition coefficient (Wildman–Crippen LogP) is 3.42. The summed E-state index contributed by atoms with van der Waals surface area (Å²) in [7, 11) is 1.71. The minimum absolute atomic E-state index is 0.751. The van der Waals surface area contributed by atoms with Gasteiger partial charge in [0.2, 0.25) is 0 Å². The Morgan fingerprint density at radius 2 is 2.12 bits per heavy atom. The lowest BCUT2D eigenvalue weighted by atomic mass is 10.2. The largest absolute Gasteiger partial charge is 0.383 e. The molecule has 0 bridgehead atoms. The van der Waals surface area contributed by atoms with Crippen molar-refractivity contribution < 1.29 is 4.74 Å². The number of nitrogens with one attached hydrogen (secondary N) is 1. The minimum Gasteiger partial charge on any atom is -0.383 e. The second-order valence-corrected chi connectivity index (χ2v) is 5.79. The normalized spacial score (nSPS) is 10.5. The first-order chi connectivity index (χ1) is 8.22. The van der Waals surface area contributed by atoms with Gasteiger partial charge in [0.05, 0.1) is 6.61 Å². The lowest BCUT2D eigenvalue weighted by molar-refractivity contribution is 0.199. The average molecular weight is 316 g/mol. The molecule has 0 heterocycles. The number of rotatable bonds is 8. The van der Waals surface area contributed by atoms with E-state index in [-0.39, 0.29) is 0 Å². The molecule has 17 heavy (non-hydrogen) atoms. The third kappa shape index (κ3) is 6.88. The first-order valence-corrected chi connectivity index (χ1v) is 7.25. The number of methoxy groups -OCH3 is 1. The van der Waals surface area contributed by atoms with Gasteiger partial charge < -0.3 is 10.1 Å². The summed E-state index contributed by atoms with van der Waals surface area (Å²) < 4.78 is 6.00. The van der Waals surface area contributed by atoms with E-state index in [4.69, 9.17) is 4.74 Å². The van der Waals surface area contributed by atoms with Gasteiger partial charge in [-0.1, -0.05) is 34.6 Å². The van der Waals surface area contributed by atoms with Gasteiger partial charge in [0.25, 0.3) is 0 Å². The molecule has 0 amide bonds. The van der Waals surface area contributed by atoms with E-state index in [1.807, 2.05) is 0 Å². The van der Waals surface area contributed by atoms with Gasteiger partial charge in [-0.3, -0.25) is 0 Å². The van der Waals surface area contributed by atoms with Gasteiger partial charge in [-0.2, -0.15) is 0 Å². The highest BCUT2D eigenvalue weighted by Crippen LogP contribution is 2.22. The van der Waals surface area contributed by atoms with Gasteiger partial charge >= 0.3 is 0 Å². The van der Waals surface area contributed by atoms with Crippen molar-refractivity contribution in [2.45, 2.75) is 11.4 Å². The van der Waals surface area contributed by atoms with Crippen molar-refractivity contribution in [3.05, 3.63) is 40.9 Å². The molecule has 0 radical (unpaired) electrons. The van der Waals surface area contributed by atoms with Crippen LogP contribution in [0.5, 0.6) is 0 Å². The number of halogens is 1. The maximum atomic E-state index is 4.97. The molecular weight excluding hydrogens is 298 g/mol. The average Bonchev–Trinajstić information content (AvgIpc) is 2.33. The van der Waals surface area contributed by atoms with E-state index in [0.717, 1.165) is 29.9 Å². The Labute approximate surface area is 116 Å². The number of hydrogen-bond acceptors (Lipinski definition) is 3. The first kappa shape index (κ1) is 14.8. The van der Waals surface area contributed by atoms with Crippen LogP contribution < -0.4 is 5.32 Å². The molecular formula is C13H18BrNOS. The first-order valence-electron chi connectivity index (χ1n) is 5.47. The van der Waals surface area contributed by atoms with Gasteiger partial charge in [-0.25, -0.2) is 0 Å². The second kappa shape index (κ2) is 8.75. The summed E-state index contributed by atoms with van der Waals surface area (Å²) in [5, 5.41) is 3.32. The number of ether oxygens (including phenoxy) is 1. The smallest absolute Gasteiger partial charge is 0.0587 e. The van der Waals surface area contributed by atoms with E-state index >= 15 is 0 Å². The standard InChI is InChI=1S/C13H18BrNOS/c1-11(14)10-17-13-5-3-12(4-6-13)9-15-7-8-16-2/h3-6,15H,1,7-10H2,2H3. The van der Waals surface area contributed by atoms with Crippen LogP contribution in [0.25, 0.3) is 0 Å².